The number of nitrogens with one attached hydrogen (secondary N) is 2. The SMILES string of the molecule is CC(=O)Nc1ccc(S(=O)(=O)N(CC(C)C)C[C@@H](O)[C@H](Cc2ccccc2)NC(=O)O)cc1. The number of anilines is 1. The summed E-state index contributed by atoms with van der Waals surface area (Å²) >= 11 is 0. The molecule has 0 unspecified atom stereocenters. The van der Waals surface area contributed by atoms with Gasteiger partial charge in [0, 0.05) is 25.7 Å². The molecule has 2 rings (SSSR count). The van der Waals surface area contributed by atoms with E-state index in [-0.39, 0.29) is 36.2 Å². The van der Waals surface area contributed by atoms with Gasteiger partial charge < -0.3 is 20.8 Å². The molecule has 4 N–H and O–H groups in total. The standard InChI is InChI=1S/C23H31N3O6S/c1-16(2)14-26(33(31,32)20-11-9-19(10-12-20)24-17(3)27)15-22(28)21(25-23(29)30)13-18-7-5-4-6-8-18/h4-12,16,21-22,25,28H,13-15H2,1-3H3,(H,24,27)(H,29,30)/t21-,22+/m0/s1. The summed E-state index contributed by atoms with van der Waals surface area (Å²) in [5.74, 6) is -0.309. The Morgan fingerprint density at radius 1 is 1.00 bits per heavy atom. The van der Waals surface area contributed by atoms with Gasteiger partial charge in [0.25, 0.3) is 0 Å². The Morgan fingerprint density at radius 3 is 2.12 bits per heavy atom. The van der Waals surface area contributed by atoms with Crippen LogP contribution >= 0.6 is 0 Å². The molecule has 0 aliphatic heterocycles. The number of hydrogen-bond donors (Lipinski definition) is 4. The summed E-state index contributed by atoms with van der Waals surface area (Å²) < 4.78 is 27.8. The fourth-order valence-corrected chi connectivity index (χ4v) is 5.01. The van der Waals surface area contributed by atoms with Crippen molar-refractivity contribution >= 4 is 27.7 Å². The van der Waals surface area contributed by atoms with E-state index in [1.54, 1.807) is 12.1 Å². The fourth-order valence-electron chi connectivity index (χ4n) is 3.39. The molecule has 0 aliphatic carbocycles. The van der Waals surface area contributed by atoms with E-state index in [9.17, 15) is 28.2 Å². The van der Waals surface area contributed by atoms with Crippen molar-refractivity contribution in [1.82, 2.24) is 9.62 Å². The fraction of sp³-hybridized carbons (Fsp3) is 0.391. The molecule has 0 aromatic heterocycles. The maximum atomic E-state index is 13.3. The van der Waals surface area contributed by atoms with Crippen molar-refractivity contribution in [1.29, 1.82) is 0 Å². The van der Waals surface area contributed by atoms with Gasteiger partial charge in [-0.2, -0.15) is 4.31 Å². The van der Waals surface area contributed by atoms with E-state index in [2.05, 4.69) is 10.6 Å². The maximum Gasteiger partial charge on any atom is 0.404 e. The smallest absolute Gasteiger partial charge is 0.404 e. The number of rotatable bonds is 11. The molecule has 9 nitrogen and oxygen atoms in total. The van der Waals surface area contributed by atoms with Crippen molar-refractivity contribution < 1.29 is 28.2 Å². The summed E-state index contributed by atoms with van der Waals surface area (Å²) in [4.78, 5) is 22.5. The van der Waals surface area contributed by atoms with Crippen molar-refractivity contribution in [3.8, 4) is 0 Å². The van der Waals surface area contributed by atoms with Gasteiger partial charge in [-0.15, -0.1) is 0 Å². The third-order valence-electron chi connectivity index (χ3n) is 4.84. The number of carboxylic acid groups (broad SMARTS) is 1. The molecule has 2 atom stereocenters. The second-order valence-corrected chi connectivity index (χ2v) is 10.2. The number of sulfonamides is 1. The summed E-state index contributed by atoms with van der Waals surface area (Å²) in [5.41, 5.74) is 1.27. The number of hydrogen-bond acceptors (Lipinski definition) is 5. The van der Waals surface area contributed by atoms with Crippen LogP contribution in [0.1, 0.15) is 26.3 Å². The predicted molar refractivity (Wildman–Crippen MR) is 125 cm³/mol. The first-order valence-corrected chi connectivity index (χ1v) is 12.0. The Kier molecular flexibility index (Phi) is 9.39. The molecule has 0 saturated heterocycles. The first-order valence-electron chi connectivity index (χ1n) is 10.6. The van der Waals surface area contributed by atoms with E-state index < -0.39 is 28.3 Å². The Morgan fingerprint density at radius 2 is 1.61 bits per heavy atom. The number of aliphatic hydroxyl groups excluding tert-OH is 1. The zero-order valence-corrected chi connectivity index (χ0v) is 19.7. The molecule has 33 heavy (non-hydrogen) atoms. The molecular weight excluding hydrogens is 446 g/mol. The normalized spacial score (nSPS) is 13.5. The third-order valence-corrected chi connectivity index (χ3v) is 6.69. The highest BCUT2D eigenvalue weighted by atomic mass is 32.2. The van der Waals surface area contributed by atoms with E-state index in [1.807, 2.05) is 32.0 Å². The van der Waals surface area contributed by atoms with Crippen LogP contribution in [-0.2, 0) is 21.2 Å². The molecule has 2 aromatic carbocycles. The lowest BCUT2D eigenvalue weighted by molar-refractivity contribution is -0.114. The molecule has 0 fully saturated rings. The molecule has 10 heteroatoms. The van der Waals surface area contributed by atoms with Crippen LogP contribution in [0.2, 0.25) is 0 Å². The predicted octanol–water partition coefficient (Wildman–Crippen LogP) is 2.53. The highest BCUT2D eigenvalue weighted by molar-refractivity contribution is 7.89. The molecule has 2 amide bonds. The average molecular weight is 478 g/mol. The molecule has 2 aromatic rings. The topological polar surface area (TPSA) is 136 Å². The van der Waals surface area contributed by atoms with Gasteiger partial charge in [-0.05, 0) is 42.2 Å². The lowest BCUT2D eigenvalue weighted by Crippen LogP contribution is -2.50. The summed E-state index contributed by atoms with van der Waals surface area (Å²) in [6, 6.07) is 13.9. The van der Waals surface area contributed by atoms with E-state index in [0.29, 0.717) is 5.69 Å². The van der Waals surface area contributed by atoms with E-state index in [1.165, 1.54) is 31.2 Å². The van der Waals surface area contributed by atoms with Crippen molar-refractivity contribution in [2.75, 3.05) is 18.4 Å². The van der Waals surface area contributed by atoms with Crippen LogP contribution in [0.4, 0.5) is 10.5 Å². The lowest BCUT2D eigenvalue weighted by atomic mass is 10.0. The Bertz CT molecular complexity index is 1030. The summed E-state index contributed by atoms with van der Waals surface area (Å²) in [5, 5.41) is 25.0. The molecular formula is C23H31N3O6S. The van der Waals surface area contributed by atoms with E-state index >= 15 is 0 Å². The van der Waals surface area contributed by atoms with Gasteiger partial charge in [-0.25, -0.2) is 13.2 Å². The van der Waals surface area contributed by atoms with Crippen molar-refractivity contribution in [3.05, 3.63) is 60.2 Å². The van der Waals surface area contributed by atoms with Gasteiger partial charge in [0.1, 0.15) is 0 Å². The van der Waals surface area contributed by atoms with E-state index in [0.717, 1.165) is 9.87 Å². The highest BCUT2D eigenvalue weighted by Crippen LogP contribution is 2.21. The second-order valence-electron chi connectivity index (χ2n) is 8.23. The van der Waals surface area contributed by atoms with Crippen LogP contribution in [0.3, 0.4) is 0 Å². The van der Waals surface area contributed by atoms with Crippen molar-refractivity contribution in [2.24, 2.45) is 5.92 Å². The quantitative estimate of drug-likeness (QED) is 0.393. The van der Waals surface area contributed by atoms with Crippen LogP contribution in [0.5, 0.6) is 0 Å². The zero-order chi connectivity index (χ0) is 24.6. The third kappa shape index (κ3) is 8.16. The van der Waals surface area contributed by atoms with Crippen LogP contribution in [0, 0.1) is 5.92 Å². The zero-order valence-electron chi connectivity index (χ0n) is 18.9. The van der Waals surface area contributed by atoms with Gasteiger partial charge in [0.15, 0.2) is 0 Å². The number of amides is 2. The lowest BCUT2D eigenvalue weighted by Gasteiger charge is -2.30. The van der Waals surface area contributed by atoms with Crippen LogP contribution in [0.15, 0.2) is 59.5 Å². The van der Waals surface area contributed by atoms with Gasteiger partial charge in [-0.3, -0.25) is 4.79 Å². The minimum atomic E-state index is -3.99. The summed E-state index contributed by atoms with van der Waals surface area (Å²) in [6.45, 7) is 4.91. The maximum absolute atomic E-state index is 13.3. The highest BCUT2D eigenvalue weighted by Gasteiger charge is 2.31. The number of benzene rings is 2. The molecule has 0 spiro atoms. The van der Waals surface area contributed by atoms with Gasteiger partial charge in [0.05, 0.1) is 17.0 Å². The Labute approximate surface area is 194 Å². The molecule has 0 aliphatic rings. The largest absolute Gasteiger partial charge is 0.465 e. The summed E-state index contributed by atoms with van der Waals surface area (Å²) in [7, 11) is -3.99. The second kappa shape index (κ2) is 11.8. The molecule has 0 saturated carbocycles. The number of nitrogens with zero attached hydrogens (tertiary/aromatic N) is 1. The Balaban J connectivity index is 2.27. The minimum absolute atomic E-state index is 0.00950. The Hall–Kier alpha value is -2.95. The number of carbonyl (C=O) groups is 2. The van der Waals surface area contributed by atoms with Gasteiger partial charge >= 0.3 is 6.09 Å². The van der Waals surface area contributed by atoms with Gasteiger partial charge in [-0.1, -0.05) is 44.2 Å². The van der Waals surface area contributed by atoms with Crippen LogP contribution < -0.4 is 10.6 Å². The molecule has 0 bridgehead atoms. The first kappa shape index (κ1) is 26.3. The molecule has 0 radical (unpaired) electrons. The van der Waals surface area contributed by atoms with E-state index in [4.69, 9.17) is 0 Å². The van der Waals surface area contributed by atoms with Crippen LogP contribution in [-0.4, -0.2) is 60.2 Å². The first-order chi connectivity index (χ1) is 15.5. The summed E-state index contributed by atoms with van der Waals surface area (Å²) in [6.07, 6.45) is -2.38. The monoisotopic (exact) mass is 477 g/mol. The molecule has 180 valence electrons. The average Bonchev–Trinajstić information content (AvgIpc) is 2.73. The van der Waals surface area contributed by atoms with Crippen molar-refractivity contribution in [2.45, 2.75) is 44.2 Å². The minimum Gasteiger partial charge on any atom is -0.465 e. The number of carbonyl (C=O) groups excluding carboxylic acids is 1. The van der Waals surface area contributed by atoms with Crippen molar-refractivity contribution in [3.63, 3.8) is 0 Å². The molecule has 0 heterocycles. The number of aliphatic hydroxyl groups is 1. The van der Waals surface area contributed by atoms with Gasteiger partial charge in [0.2, 0.25) is 15.9 Å². The van der Waals surface area contributed by atoms with Crippen LogP contribution in [0.25, 0.3) is 0 Å².